The van der Waals surface area contributed by atoms with Crippen LogP contribution in [0, 0.1) is 6.92 Å². The van der Waals surface area contributed by atoms with E-state index in [9.17, 15) is 4.79 Å². The molecule has 0 aliphatic rings. The van der Waals surface area contributed by atoms with Crippen molar-refractivity contribution in [2.24, 2.45) is 0 Å². The quantitative estimate of drug-likeness (QED) is 0.557. The van der Waals surface area contributed by atoms with Crippen molar-refractivity contribution in [3.63, 3.8) is 0 Å². The number of anilines is 3. The number of nitrogens with one attached hydrogen (secondary N) is 1. The lowest BCUT2D eigenvalue weighted by atomic mass is 10.3. The van der Waals surface area contributed by atoms with Crippen LogP contribution in [0.5, 0.6) is 0 Å². The molecule has 0 radical (unpaired) electrons. The lowest BCUT2D eigenvalue weighted by Crippen LogP contribution is -2.28. The molecule has 160 valence electrons. The van der Waals surface area contributed by atoms with Crippen molar-refractivity contribution in [3.8, 4) is 0 Å². The largest absolute Gasteiger partial charge is 0.464 e. The summed E-state index contributed by atoms with van der Waals surface area (Å²) in [5.74, 6) is 1.03. The normalized spacial score (nSPS) is 11.2. The molecule has 0 saturated carbocycles. The van der Waals surface area contributed by atoms with Gasteiger partial charge in [0.25, 0.3) is 0 Å². The predicted octanol–water partition coefficient (Wildman–Crippen LogP) is 2.55. The van der Waals surface area contributed by atoms with E-state index >= 15 is 0 Å². The van der Waals surface area contributed by atoms with E-state index in [1.165, 1.54) is 7.11 Å². The lowest BCUT2D eigenvalue weighted by molar-refractivity contribution is 0.0594. The van der Waals surface area contributed by atoms with Crippen LogP contribution in [0.4, 0.5) is 17.6 Å². The molecule has 0 unspecified atom stereocenters. The van der Waals surface area contributed by atoms with E-state index in [-0.39, 0.29) is 11.7 Å². The number of aromatic nitrogens is 5. The molecule has 0 fully saturated rings. The van der Waals surface area contributed by atoms with Gasteiger partial charge >= 0.3 is 5.97 Å². The molecule has 3 heterocycles. The number of hydrogen-bond acceptors (Lipinski definition) is 9. The molecule has 0 amide bonds. The predicted molar refractivity (Wildman–Crippen MR) is 114 cm³/mol. The van der Waals surface area contributed by atoms with E-state index in [2.05, 4.69) is 20.4 Å². The first-order valence-electron chi connectivity index (χ1n) is 9.65. The number of ether oxygens (including phenoxy) is 2. The highest BCUT2D eigenvalue weighted by molar-refractivity contribution is 6.03. The van der Waals surface area contributed by atoms with Gasteiger partial charge in [0.15, 0.2) is 11.5 Å². The average molecular weight is 413 g/mol. The lowest BCUT2D eigenvalue weighted by Gasteiger charge is -2.22. The van der Waals surface area contributed by atoms with E-state index in [1.54, 1.807) is 11.8 Å². The number of pyridine rings is 1. The number of esters is 1. The van der Waals surface area contributed by atoms with Gasteiger partial charge < -0.3 is 19.7 Å². The number of hydrogen-bond donors (Lipinski definition) is 1. The maximum atomic E-state index is 12.4. The summed E-state index contributed by atoms with van der Waals surface area (Å²) in [6.07, 6.45) is 0. The summed E-state index contributed by atoms with van der Waals surface area (Å²) in [6, 6.07) is 5.82. The molecule has 10 nitrogen and oxygen atoms in total. The van der Waals surface area contributed by atoms with Gasteiger partial charge in [-0.2, -0.15) is 10.1 Å². The monoisotopic (exact) mass is 413 g/mol. The van der Waals surface area contributed by atoms with E-state index in [0.717, 1.165) is 5.69 Å². The number of aryl methyl sites for hydroxylation is 1. The Morgan fingerprint density at radius 2 is 2.00 bits per heavy atom. The van der Waals surface area contributed by atoms with Crippen molar-refractivity contribution >= 4 is 34.6 Å². The molecule has 3 aromatic rings. The highest BCUT2D eigenvalue weighted by atomic mass is 16.5. The minimum absolute atomic E-state index is 0.129. The zero-order chi connectivity index (χ0) is 21.8. The number of rotatable bonds is 8. The van der Waals surface area contributed by atoms with Gasteiger partial charge in [-0.15, -0.1) is 0 Å². The fourth-order valence-electron chi connectivity index (χ4n) is 2.85. The van der Waals surface area contributed by atoms with Crippen molar-refractivity contribution < 1.29 is 14.3 Å². The Bertz CT molecular complexity index is 1050. The molecule has 1 N–H and O–H groups in total. The van der Waals surface area contributed by atoms with Crippen LogP contribution in [0.25, 0.3) is 11.0 Å². The first-order chi connectivity index (χ1) is 14.3. The molecule has 0 spiro atoms. The Morgan fingerprint density at radius 1 is 1.23 bits per heavy atom. The van der Waals surface area contributed by atoms with E-state index in [4.69, 9.17) is 14.5 Å². The molecule has 0 aliphatic heterocycles. The minimum atomic E-state index is -0.562. The number of methoxy groups -OCH3 is 2. The minimum Gasteiger partial charge on any atom is -0.464 e. The molecular formula is C20H27N7O3. The molecule has 0 saturated heterocycles. The number of nitrogens with zero attached hydrogens (tertiary/aromatic N) is 6. The Hall–Kier alpha value is -3.27. The summed E-state index contributed by atoms with van der Waals surface area (Å²) in [7, 11) is 4.82. The molecule has 3 aromatic heterocycles. The molecule has 0 aliphatic carbocycles. The van der Waals surface area contributed by atoms with Crippen molar-refractivity contribution in [2.45, 2.75) is 33.4 Å². The van der Waals surface area contributed by atoms with Crippen LogP contribution in [0.1, 0.15) is 30.0 Å². The maximum Gasteiger partial charge on any atom is 0.360 e. The summed E-state index contributed by atoms with van der Waals surface area (Å²) in [4.78, 5) is 28.2. The second kappa shape index (κ2) is 9.04. The van der Waals surface area contributed by atoms with E-state index < -0.39 is 5.97 Å². The fourth-order valence-corrected chi connectivity index (χ4v) is 2.85. The molecule has 10 heteroatoms. The first kappa shape index (κ1) is 21.4. The molecule has 0 bridgehead atoms. The number of carbonyl (C=O) groups is 1. The summed E-state index contributed by atoms with van der Waals surface area (Å²) >= 11 is 0. The molecular weight excluding hydrogens is 386 g/mol. The standard InChI is InChI=1S/C20H27N7O3/c1-12(2)26(4)20-23-15-16(19(28)30-6)25-27(10-11-29-5)17(15)18(24-20)22-14-9-7-8-13(3)21-14/h7-9,12H,10-11H2,1-6H3,(H,21,22,23,24). The van der Waals surface area contributed by atoms with Crippen molar-refractivity contribution in [1.29, 1.82) is 0 Å². The Kier molecular flexibility index (Phi) is 6.46. The Balaban J connectivity index is 2.25. The second-order valence-corrected chi connectivity index (χ2v) is 7.12. The average Bonchev–Trinajstić information content (AvgIpc) is 3.09. The highest BCUT2D eigenvalue weighted by Gasteiger charge is 2.25. The molecule has 3 rings (SSSR count). The van der Waals surface area contributed by atoms with Crippen LogP contribution in [-0.2, 0) is 16.0 Å². The van der Waals surface area contributed by atoms with Gasteiger partial charge in [-0.1, -0.05) is 6.07 Å². The van der Waals surface area contributed by atoms with Crippen molar-refractivity contribution in [1.82, 2.24) is 24.7 Å². The van der Waals surface area contributed by atoms with Gasteiger partial charge in [-0.25, -0.2) is 14.8 Å². The van der Waals surface area contributed by atoms with Crippen LogP contribution in [0.3, 0.4) is 0 Å². The summed E-state index contributed by atoms with van der Waals surface area (Å²) in [6.45, 7) is 6.81. The smallest absolute Gasteiger partial charge is 0.360 e. The molecule has 30 heavy (non-hydrogen) atoms. The zero-order valence-electron chi connectivity index (χ0n) is 18.1. The number of carbonyl (C=O) groups excluding carboxylic acids is 1. The third-order valence-corrected chi connectivity index (χ3v) is 4.69. The SMILES string of the molecule is COCCn1nc(C(=O)OC)c2nc(N(C)C(C)C)nc(Nc3cccc(C)n3)c21. The van der Waals surface area contributed by atoms with E-state index in [1.807, 2.05) is 50.9 Å². The second-order valence-electron chi connectivity index (χ2n) is 7.12. The Morgan fingerprint density at radius 3 is 2.63 bits per heavy atom. The van der Waals surface area contributed by atoms with Gasteiger partial charge in [0.1, 0.15) is 16.9 Å². The van der Waals surface area contributed by atoms with Gasteiger partial charge in [0.05, 0.1) is 20.3 Å². The van der Waals surface area contributed by atoms with Crippen molar-refractivity contribution in [3.05, 3.63) is 29.6 Å². The third kappa shape index (κ3) is 4.33. The van der Waals surface area contributed by atoms with Crippen LogP contribution >= 0.6 is 0 Å². The van der Waals surface area contributed by atoms with Crippen molar-refractivity contribution in [2.75, 3.05) is 38.1 Å². The van der Waals surface area contributed by atoms with Crippen LogP contribution in [0.15, 0.2) is 18.2 Å². The van der Waals surface area contributed by atoms with Gasteiger partial charge in [0.2, 0.25) is 5.95 Å². The van der Waals surface area contributed by atoms with E-state index in [0.29, 0.717) is 41.8 Å². The fraction of sp³-hybridized carbons (Fsp3) is 0.450. The summed E-state index contributed by atoms with van der Waals surface area (Å²) < 4.78 is 11.8. The summed E-state index contributed by atoms with van der Waals surface area (Å²) in [5, 5.41) is 7.71. The molecule has 0 aromatic carbocycles. The summed E-state index contributed by atoms with van der Waals surface area (Å²) in [5.41, 5.74) is 1.99. The molecule has 0 atom stereocenters. The topological polar surface area (TPSA) is 107 Å². The maximum absolute atomic E-state index is 12.4. The van der Waals surface area contributed by atoms with Gasteiger partial charge in [-0.05, 0) is 32.9 Å². The first-order valence-corrected chi connectivity index (χ1v) is 9.65. The van der Waals surface area contributed by atoms with Gasteiger partial charge in [-0.3, -0.25) is 4.68 Å². The highest BCUT2D eigenvalue weighted by Crippen LogP contribution is 2.29. The Labute approximate surface area is 175 Å². The number of fused-ring (bicyclic) bond motifs is 1. The van der Waals surface area contributed by atoms with Crippen LogP contribution < -0.4 is 10.2 Å². The third-order valence-electron chi connectivity index (χ3n) is 4.69. The zero-order valence-corrected chi connectivity index (χ0v) is 18.1. The van der Waals surface area contributed by atoms with Gasteiger partial charge in [0, 0.05) is 25.9 Å². The van der Waals surface area contributed by atoms with Crippen LogP contribution in [-0.4, -0.2) is 64.6 Å². The van der Waals surface area contributed by atoms with Crippen LogP contribution in [0.2, 0.25) is 0 Å².